The van der Waals surface area contributed by atoms with Gasteiger partial charge in [0.2, 0.25) is 27.6 Å². The predicted molar refractivity (Wildman–Crippen MR) is 184 cm³/mol. The van der Waals surface area contributed by atoms with Crippen molar-refractivity contribution in [1.29, 1.82) is 0 Å². The average molecular weight is 697 g/mol. The van der Waals surface area contributed by atoms with Crippen LogP contribution in [0.1, 0.15) is 106 Å². The van der Waals surface area contributed by atoms with Crippen molar-refractivity contribution in [3.05, 3.63) is 0 Å². The number of urea groups is 1. The lowest BCUT2D eigenvalue weighted by Crippen LogP contribution is -2.63. The molecule has 1 unspecified atom stereocenters. The van der Waals surface area contributed by atoms with Crippen molar-refractivity contribution in [1.82, 2.24) is 25.2 Å². The van der Waals surface area contributed by atoms with Crippen molar-refractivity contribution >= 4 is 39.6 Å². The Morgan fingerprint density at radius 3 is 2.04 bits per heavy atom. The number of nitrogens with one attached hydrogen (secondary N) is 3. The topological polar surface area (TPSA) is 188 Å². The summed E-state index contributed by atoms with van der Waals surface area (Å²) < 4.78 is 25.6. The number of nitrogens with two attached hydrogens (primary N) is 1. The van der Waals surface area contributed by atoms with E-state index < -0.39 is 68.6 Å². The van der Waals surface area contributed by atoms with Crippen LogP contribution in [-0.4, -0.2) is 97.7 Å². The number of hydrogen-bond acceptors (Lipinski definition) is 7. The Bertz CT molecular complexity index is 1300. The molecule has 0 aromatic carbocycles. The van der Waals surface area contributed by atoms with E-state index in [0.29, 0.717) is 32.2 Å². The van der Waals surface area contributed by atoms with Crippen molar-refractivity contribution in [2.45, 2.75) is 130 Å². The van der Waals surface area contributed by atoms with Gasteiger partial charge in [0.25, 0.3) is 5.91 Å². The quantitative estimate of drug-likeness (QED) is 0.201. The van der Waals surface area contributed by atoms with Crippen LogP contribution in [0.3, 0.4) is 0 Å². The summed E-state index contributed by atoms with van der Waals surface area (Å²) in [5.74, 6) is -2.75. The molecule has 3 rings (SSSR count). The highest BCUT2D eigenvalue weighted by Crippen LogP contribution is 2.41. The van der Waals surface area contributed by atoms with E-state index in [4.69, 9.17) is 5.73 Å². The van der Waals surface area contributed by atoms with Gasteiger partial charge in [-0.3, -0.25) is 19.2 Å². The van der Waals surface area contributed by atoms with Crippen LogP contribution in [0, 0.1) is 28.6 Å². The standard InChI is InChI=1S/C34H60N6O7S/c1-21(2)23-15-18-40(26(23)30(43)36-24(27(41)29(35)42)19-22-13-12-14-22)31(44)28(34(6)16-10-9-11-17-34)38-32(45)37-25(33(3,4)5)20-39(7)48(8,46)47/h21-26,28H,9-20H2,1-8H3,(H2,35,42)(H,36,43)(H2,37,38,45)/t23-,24?,25-,26+,28-/m1/s1. The molecule has 1 saturated heterocycles. The number of nitrogens with zero attached hydrogens (tertiary/aromatic N) is 2. The molecule has 0 aromatic rings. The van der Waals surface area contributed by atoms with E-state index in [2.05, 4.69) is 16.0 Å². The molecule has 48 heavy (non-hydrogen) atoms. The zero-order chi connectivity index (χ0) is 36.2. The molecule has 274 valence electrons. The van der Waals surface area contributed by atoms with E-state index in [9.17, 15) is 32.4 Å². The van der Waals surface area contributed by atoms with Gasteiger partial charge in [-0.1, -0.05) is 80.1 Å². The van der Waals surface area contributed by atoms with Gasteiger partial charge in [-0.25, -0.2) is 17.5 Å². The molecule has 14 heteroatoms. The van der Waals surface area contributed by atoms with E-state index in [0.717, 1.165) is 44.8 Å². The van der Waals surface area contributed by atoms with Gasteiger partial charge in [-0.2, -0.15) is 0 Å². The van der Waals surface area contributed by atoms with Gasteiger partial charge in [-0.15, -0.1) is 0 Å². The van der Waals surface area contributed by atoms with Gasteiger partial charge < -0.3 is 26.6 Å². The molecule has 3 aliphatic rings. The maximum Gasteiger partial charge on any atom is 0.315 e. The average Bonchev–Trinajstić information content (AvgIpc) is 3.41. The number of carbonyl (C=O) groups excluding carboxylic acids is 5. The summed E-state index contributed by atoms with van der Waals surface area (Å²) in [5.41, 5.74) is 4.27. The third kappa shape index (κ3) is 9.92. The van der Waals surface area contributed by atoms with E-state index in [1.54, 1.807) is 4.90 Å². The fourth-order valence-electron chi connectivity index (χ4n) is 7.43. The number of likely N-dealkylation sites (tertiary alicyclic amines) is 1. The molecule has 1 aliphatic heterocycles. The number of amides is 5. The van der Waals surface area contributed by atoms with E-state index in [1.165, 1.54) is 11.4 Å². The summed E-state index contributed by atoms with van der Waals surface area (Å²) >= 11 is 0. The second-order valence-electron chi connectivity index (χ2n) is 16.2. The number of Topliss-reactive ketones (excluding diaryl/α,β-unsaturated/α-hetero) is 1. The third-order valence-electron chi connectivity index (χ3n) is 11.1. The Hall–Kier alpha value is -2.74. The maximum absolute atomic E-state index is 14.7. The number of sulfonamides is 1. The summed E-state index contributed by atoms with van der Waals surface area (Å²) in [6.45, 7) is 12.0. The lowest BCUT2D eigenvalue weighted by atomic mass is 9.70. The minimum Gasteiger partial charge on any atom is -0.363 e. The Morgan fingerprint density at radius 1 is 0.958 bits per heavy atom. The van der Waals surface area contributed by atoms with Gasteiger partial charge >= 0.3 is 6.03 Å². The van der Waals surface area contributed by atoms with E-state index in [1.807, 2.05) is 41.5 Å². The third-order valence-corrected chi connectivity index (χ3v) is 12.4. The minimum absolute atomic E-state index is 0.0369. The van der Waals surface area contributed by atoms with Crippen molar-refractivity contribution in [2.24, 2.45) is 34.3 Å². The largest absolute Gasteiger partial charge is 0.363 e. The Kier molecular flexibility index (Phi) is 13.1. The first-order chi connectivity index (χ1) is 22.2. The lowest BCUT2D eigenvalue weighted by Gasteiger charge is -2.43. The van der Waals surface area contributed by atoms with E-state index in [-0.39, 0.29) is 30.2 Å². The molecule has 0 radical (unpaired) electrons. The summed E-state index contributed by atoms with van der Waals surface area (Å²) in [6.07, 6.45) is 9.08. The molecule has 1 heterocycles. The second kappa shape index (κ2) is 15.9. The molecular weight excluding hydrogens is 636 g/mol. The summed E-state index contributed by atoms with van der Waals surface area (Å²) in [5, 5.41) is 8.74. The molecule has 13 nitrogen and oxygen atoms in total. The number of rotatable bonds is 14. The molecule has 0 aromatic heterocycles. The molecule has 0 bridgehead atoms. The first-order valence-electron chi connectivity index (χ1n) is 17.6. The van der Waals surface area contributed by atoms with Crippen molar-refractivity contribution in [3.63, 3.8) is 0 Å². The molecule has 3 fully saturated rings. The zero-order valence-corrected chi connectivity index (χ0v) is 31.1. The normalized spacial score (nSPS) is 23.6. The first-order valence-corrected chi connectivity index (χ1v) is 19.4. The molecule has 5 amide bonds. The molecule has 5 atom stereocenters. The molecule has 2 aliphatic carbocycles. The van der Waals surface area contributed by atoms with Crippen LogP contribution in [0.5, 0.6) is 0 Å². The van der Waals surface area contributed by atoms with Crippen LogP contribution < -0.4 is 21.7 Å². The van der Waals surface area contributed by atoms with Crippen LogP contribution in [0.2, 0.25) is 0 Å². The van der Waals surface area contributed by atoms with Crippen LogP contribution in [0.4, 0.5) is 4.79 Å². The Balaban J connectivity index is 1.92. The highest BCUT2D eigenvalue weighted by molar-refractivity contribution is 7.88. The number of hydrogen-bond donors (Lipinski definition) is 4. The van der Waals surface area contributed by atoms with Crippen LogP contribution in [0.25, 0.3) is 0 Å². The predicted octanol–water partition coefficient (Wildman–Crippen LogP) is 2.53. The SMILES string of the molecule is CC(C)[C@H]1CCN(C(=O)[C@@H](NC(=O)N[C@H](CN(C)S(C)(=O)=O)C(C)(C)C)C2(C)CCCCC2)[C@@H]1C(=O)NC(CC1CCC1)C(=O)C(N)=O. The van der Waals surface area contributed by atoms with Crippen molar-refractivity contribution in [3.8, 4) is 0 Å². The van der Waals surface area contributed by atoms with Gasteiger partial charge in [-0.05, 0) is 54.3 Å². The molecule has 2 saturated carbocycles. The summed E-state index contributed by atoms with van der Waals surface area (Å²) in [4.78, 5) is 68.8. The molecular formula is C34H60N6O7S. The molecule has 0 spiro atoms. The van der Waals surface area contributed by atoms with Gasteiger partial charge in [0, 0.05) is 26.2 Å². The maximum atomic E-state index is 14.7. The first kappa shape index (κ1) is 39.7. The number of carbonyl (C=O) groups is 5. The number of ketones is 1. The smallest absolute Gasteiger partial charge is 0.315 e. The van der Waals surface area contributed by atoms with Crippen molar-refractivity contribution < 1.29 is 32.4 Å². The highest BCUT2D eigenvalue weighted by atomic mass is 32.2. The Morgan fingerprint density at radius 2 is 1.56 bits per heavy atom. The van der Waals surface area contributed by atoms with Gasteiger partial charge in [0.05, 0.1) is 12.3 Å². The fraction of sp³-hybridized carbons (Fsp3) is 0.853. The van der Waals surface area contributed by atoms with Crippen molar-refractivity contribution in [2.75, 3.05) is 26.4 Å². The summed E-state index contributed by atoms with van der Waals surface area (Å²) in [6, 6.07) is -4.06. The fourth-order valence-corrected chi connectivity index (χ4v) is 7.85. The van der Waals surface area contributed by atoms with E-state index >= 15 is 0 Å². The van der Waals surface area contributed by atoms with Gasteiger partial charge in [0.15, 0.2) is 0 Å². The second-order valence-corrected chi connectivity index (χ2v) is 18.3. The number of likely N-dealkylation sites (N-methyl/N-ethyl adjacent to an activating group) is 1. The minimum atomic E-state index is -3.50. The van der Waals surface area contributed by atoms with Crippen LogP contribution in [0.15, 0.2) is 0 Å². The lowest BCUT2D eigenvalue weighted by molar-refractivity contribution is -0.145. The Labute approximate surface area is 287 Å². The van der Waals surface area contributed by atoms with Gasteiger partial charge in [0.1, 0.15) is 12.1 Å². The molecule has 5 N–H and O–H groups in total. The zero-order valence-electron chi connectivity index (χ0n) is 30.3. The van der Waals surface area contributed by atoms with Crippen LogP contribution >= 0.6 is 0 Å². The highest BCUT2D eigenvalue weighted by Gasteiger charge is 2.50. The monoisotopic (exact) mass is 696 g/mol. The van der Waals surface area contributed by atoms with Crippen LogP contribution in [-0.2, 0) is 29.2 Å². The summed E-state index contributed by atoms with van der Waals surface area (Å²) in [7, 11) is -2.04. The number of primary amides is 1.